The zero-order valence-corrected chi connectivity index (χ0v) is 18.2. The number of non-ortho nitro benzene ring substituents is 1. The molecule has 0 aliphatic carbocycles. The molecule has 0 fully saturated rings. The number of nitrogens with zero attached hydrogens (tertiary/aromatic N) is 2. The highest BCUT2D eigenvalue weighted by atomic mass is 32.2. The van der Waals surface area contributed by atoms with Gasteiger partial charge in [-0.2, -0.15) is 21.9 Å². The Labute approximate surface area is 184 Å². The van der Waals surface area contributed by atoms with Crippen LogP contribution < -0.4 is 9.01 Å². The van der Waals surface area contributed by atoms with Gasteiger partial charge in [-0.3, -0.25) is 10.1 Å². The van der Waals surface area contributed by atoms with E-state index < -0.39 is 30.8 Å². The third-order valence-corrected chi connectivity index (χ3v) is 6.58. The molecule has 0 amide bonds. The molecular formula is C20H17N3O7S2. The summed E-state index contributed by atoms with van der Waals surface area (Å²) < 4.78 is 54.4. The van der Waals surface area contributed by atoms with Gasteiger partial charge < -0.3 is 4.18 Å². The molecule has 0 aliphatic heterocycles. The first kappa shape index (κ1) is 22.9. The predicted molar refractivity (Wildman–Crippen MR) is 116 cm³/mol. The van der Waals surface area contributed by atoms with Gasteiger partial charge in [-0.05, 0) is 42.8 Å². The highest BCUT2D eigenvalue weighted by Crippen LogP contribution is 2.22. The minimum Gasteiger partial charge on any atom is -0.379 e. The van der Waals surface area contributed by atoms with Gasteiger partial charge in [0.25, 0.3) is 15.7 Å². The van der Waals surface area contributed by atoms with Crippen LogP contribution in [-0.4, -0.2) is 28.0 Å². The molecule has 0 heterocycles. The van der Waals surface area contributed by atoms with E-state index in [1.165, 1.54) is 48.7 Å². The van der Waals surface area contributed by atoms with Crippen molar-refractivity contribution in [1.29, 1.82) is 0 Å². The number of hydrazone groups is 1. The zero-order valence-electron chi connectivity index (χ0n) is 16.6. The second-order valence-corrected chi connectivity index (χ2v) is 9.74. The van der Waals surface area contributed by atoms with E-state index in [4.69, 9.17) is 4.18 Å². The van der Waals surface area contributed by atoms with Crippen molar-refractivity contribution >= 4 is 32.0 Å². The van der Waals surface area contributed by atoms with E-state index >= 15 is 0 Å². The summed E-state index contributed by atoms with van der Waals surface area (Å²) in [5.41, 5.74) is 0.865. The van der Waals surface area contributed by atoms with Crippen LogP contribution in [0.2, 0.25) is 0 Å². The minimum absolute atomic E-state index is 0.0420. The maximum atomic E-state index is 12.4. The van der Waals surface area contributed by atoms with Gasteiger partial charge in [-0.15, -0.1) is 0 Å². The number of aryl methyl sites for hydroxylation is 1. The SMILES string of the molecule is Cc1ccc(S(=O)(=O)N/N=C\c2cccc(OS(=O)(=O)c3cccc([N+](=O)[O-])c3)c2)cc1. The number of hydrogen-bond acceptors (Lipinski definition) is 8. The molecule has 0 aliphatic rings. The van der Waals surface area contributed by atoms with Crippen molar-refractivity contribution in [2.75, 3.05) is 0 Å². The molecule has 32 heavy (non-hydrogen) atoms. The monoisotopic (exact) mass is 475 g/mol. The molecule has 0 spiro atoms. The van der Waals surface area contributed by atoms with Crippen molar-refractivity contribution in [3.8, 4) is 5.75 Å². The molecule has 12 heteroatoms. The summed E-state index contributed by atoms with van der Waals surface area (Å²) in [5, 5.41) is 14.6. The molecule has 0 aromatic heterocycles. The number of nitro groups is 1. The van der Waals surface area contributed by atoms with E-state index in [1.54, 1.807) is 18.2 Å². The standard InChI is InChI=1S/C20H17N3O7S2/c1-15-8-10-19(11-9-15)31(26,27)22-21-14-16-4-2-6-18(12-16)30-32(28,29)20-7-3-5-17(13-20)23(24)25/h2-14,22H,1H3/b21-14-. The molecule has 3 rings (SSSR count). The molecule has 0 unspecified atom stereocenters. The topological polar surface area (TPSA) is 145 Å². The number of nitrogens with one attached hydrogen (secondary N) is 1. The molecule has 1 N–H and O–H groups in total. The van der Waals surface area contributed by atoms with Gasteiger partial charge in [0.2, 0.25) is 0 Å². The fourth-order valence-electron chi connectivity index (χ4n) is 2.51. The van der Waals surface area contributed by atoms with Gasteiger partial charge in [0.15, 0.2) is 0 Å². The van der Waals surface area contributed by atoms with E-state index in [0.29, 0.717) is 5.56 Å². The van der Waals surface area contributed by atoms with Crippen molar-refractivity contribution in [1.82, 2.24) is 4.83 Å². The van der Waals surface area contributed by atoms with Crippen LogP contribution in [0.25, 0.3) is 0 Å². The Bertz CT molecular complexity index is 1380. The lowest BCUT2D eigenvalue weighted by Gasteiger charge is -2.07. The van der Waals surface area contributed by atoms with E-state index in [0.717, 1.165) is 17.7 Å². The Kier molecular flexibility index (Phi) is 6.55. The fourth-order valence-corrected chi connectivity index (χ4v) is 4.27. The second kappa shape index (κ2) is 9.16. The van der Waals surface area contributed by atoms with Gasteiger partial charge in [-0.25, -0.2) is 4.83 Å². The van der Waals surface area contributed by atoms with Crippen LogP contribution in [0.15, 0.2) is 87.7 Å². The van der Waals surface area contributed by atoms with Crippen LogP contribution in [0.4, 0.5) is 5.69 Å². The Hall–Kier alpha value is -3.77. The number of hydrogen-bond donors (Lipinski definition) is 1. The quantitative estimate of drug-likeness (QED) is 0.228. The third kappa shape index (κ3) is 5.68. The molecule has 3 aromatic carbocycles. The number of nitro benzene ring substituents is 1. The van der Waals surface area contributed by atoms with Crippen LogP contribution in [0.3, 0.4) is 0 Å². The average Bonchev–Trinajstić information content (AvgIpc) is 2.74. The first-order valence-electron chi connectivity index (χ1n) is 8.97. The predicted octanol–water partition coefficient (Wildman–Crippen LogP) is 2.98. The van der Waals surface area contributed by atoms with Gasteiger partial charge >= 0.3 is 10.1 Å². The van der Waals surface area contributed by atoms with Gasteiger partial charge in [0.1, 0.15) is 10.6 Å². The van der Waals surface area contributed by atoms with Crippen molar-refractivity contribution in [3.63, 3.8) is 0 Å². The molecule has 166 valence electrons. The Balaban J connectivity index is 1.74. The van der Waals surface area contributed by atoms with Gasteiger partial charge in [-0.1, -0.05) is 35.9 Å². The molecular weight excluding hydrogens is 458 g/mol. The second-order valence-electron chi connectivity index (χ2n) is 6.53. The van der Waals surface area contributed by atoms with Crippen LogP contribution >= 0.6 is 0 Å². The lowest BCUT2D eigenvalue weighted by molar-refractivity contribution is -0.385. The fraction of sp³-hybridized carbons (Fsp3) is 0.0500. The maximum Gasteiger partial charge on any atom is 0.339 e. The average molecular weight is 476 g/mol. The van der Waals surface area contributed by atoms with Crippen LogP contribution in [0, 0.1) is 17.0 Å². The van der Waals surface area contributed by atoms with Crippen molar-refractivity contribution in [2.24, 2.45) is 5.10 Å². The van der Waals surface area contributed by atoms with Crippen molar-refractivity contribution < 1.29 is 25.9 Å². The highest BCUT2D eigenvalue weighted by Gasteiger charge is 2.20. The molecule has 10 nitrogen and oxygen atoms in total. The summed E-state index contributed by atoms with van der Waals surface area (Å²) in [6.07, 6.45) is 1.18. The van der Waals surface area contributed by atoms with Gasteiger partial charge in [0, 0.05) is 12.1 Å². The first-order chi connectivity index (χ1) is 15.1. The van der Waals surface area contributed by atoms with E-state index in [1.807, 2.05) is 6.92 Å². The summed E-state index contributed by atoms with van der Waals surface area (Å²) in [5.74, 6) is -0.0816. The molecule has 0 saturated carbocycles. The van der Waals surface area contributed by atoms with Crippen LogP contribution in [0.1, 0.15) is 11.1 Å². The first-order valence-corrected chi connectivity index (χ1v) is 11.9. The summed E-state index contributed by atoms with van der Waals surface area (Å²) >= 11 is 0. The normalized spacial score (nSPS) is 11.9. The van der Waals surface area contributed by atoms with E-state index in [9.17, 15) is 26.9 Å². The third-order valence-electron chi connectivity index (χ3n) is 4.10. The molecule has 0 radical (unpaired) electrons. The van der Waals surface area contributed by atoms with Crippen LogP contribution in [0.5, 0.6) is 5.75 Å². The Morgan fingerprint density at radius 1 is 0.938 bits per heavy atom. The smallest absolute Gasteiger partial charge is 0.339 e. The van der Waals surface area contributed by atoms with E-state index in [-0.39, 0.29) is 15.5 Å². The molecule has 0 atom stereocenters. The lowest BCUT2D eigenvalue weighted by Crippen LogP contribution is -2.18. The summed E-state index contributed by atoms with van der Waals surface area (Å²) in [6.45, 7) is 1.83. The zero-order chi connectivity index (χ0) is 23.4. The summed E-state index contributed by atoms with van der Waals surface area (Å²) in [6, 6.07) is 16.4. The minimum atomic E-state index is -4.33. The number of benzene rings is 3. The molecule has 0 bridgehead atoms. The van der Waals surface area contributed by atoms with Crippen molar-refractivity contribution in [2.45, 2.75) is 16.7 Å². The molecule has 0 saturated heterocycles. The Morgan fingerprint density at radius 3 is 2.31 bits per heavy atom. The maximum absolute atomic E-state index is 12.4. The Morgan fingerprint density at radius 2 is 1.62 bits per heavy atom. The number of sulfonamides is 1. The van der Waals surface area contributed by atoms with Gasteiger partial charge in [0.05, 0.1) is 16.0 Å². The molecule has 3 aromatic rings. The van der Waals surface area contributed by atoms with E-state index in [2.05, 4.69) is 9.93 Å². The summed E-state index contributed by atoms with van der Waals surface area (Å²) in [4.78, 5) is 11.9. The largest absolute Gasteiger partial charge is 0.379 e. The lowest BCUT2D eigenvalue weighted by atomic mass is 10.2. The highest BCUT2D eigenvalue weighted by molar-refractivity contribution is 7.89. The van der Waals surface area contributed by atoms with Crippen molar-refractivity contribution in [3.05, 3.63) is 94.0 Å². The number of rotatable bonds is 8. The summed E-state index contributed by atoms with van der Waals surface area (Å²) in [7, 11) is -8.19. The van der Waals surface area contributed by atoms with Crippen LogP contribution in [-0.2, 0) is 20.1 Å².